The van der Waals surface area contributed by atoms with Crippen molar-refractivity contribution in [2.24, 2.45) is 5.73 Å². The summed E-state index contributed by atoms with van der Waals surface area (Å²) in [6.07, 6.45) is 3.75. The number of nitrogens with two attached hydrogens (primary N) is 1. The van der Waals surface area contributed by atoms with E-state index in [-0.39, 0.29) is 11.9 Å². The van der Waals surface area contributed by atoms with Crippen molar-refractivity contribution in [3.63, 3.8) is 0 Å². The first-order valence-electron chi connectivity index (χ1n) is 7.33. The van der Waals surface area contributed by atoms with E-state index in [1.54, 1.807) is 18.9 Å². The van der Waals surface area contributed by atoms with Gasteiger partial charge in [-0.1, -0.05) is 18.2 Å². The fourth-order valence-electron chi connectivity index (χ4n) is 2.82. The van der Waals surface area contributed by atoms with E-state index in [0.29, 0.717) is 5.92 Å². The molecule has 1 heterocycles. The van der Waals surface area contributed by atoms with Crippen molar-refractivity contribution >= 4 is 17.7 Å². The molecule has 1 aliphatic heterocycles. The summed E-state index contributed by atoms with van der Waals surface area (Å²) < 4.78 is 5.42. The molecule has 2 rings (SSSR count). The Kier molecular flexibility index (Phi) is 5.94. The Morgan fingerprint density at radius 1 is 1.52 bits per heavy atom. The lowest BCUT2D eigenvalue weighted by Gasteiger charge is -2.21. The van der Waals surface area contributed by atoms with E-state index in [9.17, 15) is 4.79 Å². The van der Waals surface area contributed by atoms with E-state index in [1.165, 1.54) is 5.56 Å². The number of para-hydroxylation sites is 1. The molecule has 2 N–H and O–H groups in total. The van der Waals surface area contributed by atoms with Crippen molar-refractivity contribution in [2.45, 2.75) is 24.8 Å². The quantitative estimate of drug-likeness (QED) is 0.874. The number of hydrogen-bond acceptors (Lipinski definition) is 4. The minimum atomic E-state index is -0.367. The summed E-state index contributed by atoms with van der Waals surface area (Å²) in [5, 5.41) is 0. The lowest BCUT2D eigenvalue weighted by Crippen LogP contribution is -2.42. The number of thioether (sulfide) groups is 1. The largest absolute Gasteiger partial charge is 0.496 e. The lowest BCUT2D eigenvalue weighted by atomic mass is 9.97. The van der Waals surface area contributed by atoms with E-state index in [1.807, 2.05) is 29.4 Å². The van der Waals surface area contributed by atoms with Crippen molar-refractivity contribution in [1.29, 1.82) is 0 Å². The van der Waals surface area contributed by atoms with Crippen LogP contribution in [0.3, 0.4) is 0 Å². The van der Waals surface area contributed by atoms with Crippen molar-refractivity contribution in [3.8, 4) is 5.75 Å². The molecule has 5 heteroatoms. The first-order valence-corrected chi connectivity index (χ1v) is 8.73. The summed E-state index contributed by atoms with van der Waals surface area (Å²) in [4.78, 5) is 14.2. The summed E-state index contributed by atoms with van der Waals surface area (Å²) in [6, 6.07) is 7.69. The van der Waals surface area contributed by atoms with Crippen LogP contribution in [0.25, 0.3) is 0 Å². The molecule has 1 fully saturated rings. The lowest BCUT2D eigenvalue weighted by molar-refractivity contribution is -0.131. The Hall–Kier alpha value is -1.20. The fourth-order valence-corrected chi connectivity index (χ4v) is 3.31. The SMILES string of the molecule is COc1ccccc1[C@H]1CCN(C(=O)[C@@H](N)CCSC)C1. The summed E-state index contributed by atoms with van der Waals surface area (Å²) >= 11 is 1.72. The second-order valence-electron chi connectivity index (χ2n) is 5.40. The van der Waals surface area contributed by atoms with Gasteiger partial charge < -0.3 is 15.4 Å². The van der Waals surface area contributed by atoms with E-state index >= 15 is 0 Å². The van der Waals surface area contributed by atoms with Crippen LogP contribution in [0.4, 0.5) is 0 Å². The highest BCUT2D eigenvalue weighted by Crippen LogP contribution is 2.33. The molecule has 116 valence electrons. The number of likely N-dealkylation sites (tertiary alicyclic amines) is 1. The number of methoxy groups -OCH3 is 1. The van der Waals surface area contributed by atoms with Gasteiger partial charge in [0.1, 0.15) is 5.75 Å². The summed E-state index contributed by atoms with van der Waals surface area (Å²) in [6.45, 7) is 1.53. The Bertz CT molecular complexity index is 481. The van der Waals surface area contributed by atoms with Gasteiger partial charge in [-0.2, -0.15) is 11.8 Å². The third kappa shape index (κ3) is 3.92. The van der Waals surface area contributed by atoms with E-state index in [4.69, 9.17) is 10.5 Å². The monoisotopic (exact) mass is 308 g/mol. The number of amides is 1. The number of benzene rings is 1. The van der Waals surface area contributed by atoms with Crippen molar-refractivity contribution in [1.82, 2.24) is 4.90 Å². The smallest absolute Gasteiger partial charge is 0.239 e. The number of carbonyl (C=O) groups excluding carboxylic acids is 1. The topological polar surface area (TPSA) is 55.6 Å². The molecule has 0 spiro atoms. The van der Waals surface area contributed by atoms with Crippen molar-refractivity contribution in [2.75, 3.05) is 32.2 Å². The molecule has 0 saturated carbocycles. The van der Waals surface area contributed by atoms with Crippen LogP contribution in [0.5, 0.6) is 5.75 Å². The Morgan fingerprint density at radius 3 is 3.00 bits per heavy atom. The number of carbonyl (C=O) groups is 1. The molecule has 0 unspecified atom stereocenters. The molecule has 2 atom stereocenters. The maximum absolute atomic E-state index is 12.3. The molecular formula is C16H24N2O2S. The van der Waals surface area contributed by atoms with E-state index in [0.717, 1.165) is 37.4 Å². The third-order valence-corrected chi connectivity index (χ3v) is 4.67. The van der Waals surface area contributed by atoms with Gasteiger partial charge in [0.2, 0.25) is 5.91 Å². The predicted molar refractivity (Wildman–Crippen MR) is 87.9 cm³/mol. The van der Waals surface area contributed by atoms with Gasteiger partial charge in [0.15, 0.2) is 0 Å². The van der Waals surface area contributed by atoms with Crippen LogP contribution in [-0.2, 0) is 4.79 Å². The minimum absolute atomic E-state index is 0.0847. The van der Waals surface area contributed by atoms with Gasteiger partial charge in [0.25, 0.3) is 0 Å². The first kappa shape index (κ1) is 16.2. The maximum Gasteiger partial charge on any atom is 0.239 e. The van der Waals surface area contributed by atoms with Crippen LogP contribution in [-0.4, -0.2) is 49.1 Å². The van der Waals surface area contributed by atoms with Crippen LogP contribution in [0.15, 0.2) is 24.3 Å². The molecule has 1 aromatic carbocycles. The van der Waals surface area contributed by atoms with Gasteiger partial charge in [0.05, 0.1) is 13.2 Å². The van der Waals surface area contributed by atoms with Crippen molar-refractivity contribution in [3.05, 3.63) is 29.8 Å². The Labute approximate surface area is 131 Å². The zero-order chi connectivity index (χ0) is 15.2. The zero-order valence-electron chi connectivity index (χ0n) is 12.7. The molecule has 1 aliphatic rings. The second-order valence-corrected chi connectivity index (χ2v) is 6.39. The molecule has 0 radical (unpaired) electrons. The number of ether oxygens (including phenoxy) is 1. The molecule has 0 aliphatic carbocycles. The predicted octanol–water partition coefficient (Wildman–Crippen LogP) is 2.09. The van der Waals surface area contributed by atoms with Crippen LogP contribution in [0.1, 0.15) is 24.3 Å². The van der Waals surface area contributed by atoms with Crippen LogP contribution in [0, 0.1) is 0 Å². The number of nitrogens with zero attached hydrogens (tertiary/aromatic N) is 1. The molecular weight excluding hydrogens is 284 g/mol. The highest BCUT2D eigenvalue weighted by molar-refractivity contribution is 7.98. The molecule has 0 bridgehead atoms. The molecule has 1 aromatic rings. The summed E-state index contributed by atoms with van der Waals surface area (Å²) in [7, 11) is 1.69. The van der Waals surface area contributed by atoms with Gasteiger partial charge in [-0.3, -0.25) is 4.79 Å². The second kappa shape index (κ2) is 7.71. The standard InChI is InChI=1S/C16H24N2O2S/c1-20-15-6-4-3-5-13(15)12-7-9-18(11-12)16(19)14(17)8-10-21-2/h3-6,12,14H,7-11,17H2,1-2H3/t12-,14-/m0/s1. The summed E-state index contributed by atoms with van der Waals surface area (Å²) in [5.41, 5.74) is 7.18. The molecule has 4 nitrogen and oxygen atoms in total. The van der Waals surface area contributed by atoms with E-state index in [2.05, 4.69) is 6.07 Å². The minimum Gasteiger partial charge on any atom is -0.496 e. The Morgan fingerprint density at radius 2 is 2.29 bits per heavy atom. The van der Waals surface area contributed by atoms with Gasteiger partial charge >= 0.3 is 0 Å². The van der Waals surface area contributed by atoms with Crippen LogP contribution >= 0.6 is 11.8 Å². The van der Waals surface area contributed by atoms with Crippen molar-refractivity contribution < 1.29 is 9.53 Å². The number of rotatable bonds is 6. The van der Waals surface area contributed by atoms with E-state index < -0.39 is 0 Å². The third-order valence-electron chi connectivity index (χ3n) is 4.03. The Balaban J connectivity index is 1.98. The van der Waals surface area contributed by atoms with Gasteiger partial charge in [-0.15, -0.1) is 0 Å². The number of hydrogen-bond donors (Lipinski definition) is 1. The normalized spacial score (nSPS) is 19.6. The highest BCUT2D eigenvalue weighted by Gasteiger charge is 2.31. The highest BCUT2D eigenvalue weighted by atomic mass is 32.2. The van der Waals surface area contributed by atoms with Gasteiger partial charge in [-0.25, -0.2) is 0 Å². The molecule has 1 saturated heterocycles. The molecule has 0 aromatic heterocycles. The average Bonchev–Trinajstić information content (AvgIpc) is 3.01. The summed E-state index contributed by atoms with van der Waals surface area (Å²) in [5.74, 6) is 2.26. The first-order chi connectivity index (χ1) is 10.2. The van der Waals surface area contributed by atoms with Gasteiger partial charge in [0, 0.05) is 19.0 Å². The van der Waals surface area contributed by atoms with Crippen LogP contribution < -0.4 is 10.5 Å². The molecule has 21 heavy (non-hydrogen) atoms. The molecule has 1 amide bonds. The van der Waals surface area contributed by atoms with Gasteiger partial charge in [-0.05, 0) is 36.5 Å². The fraction of sp³-hybridized carbons (Fsp3) is 0.562. The zero-order valence-corrected chi connectivity index (χ0v) is 13.6. The van der Waals surface area contributed by atoms with Crippen LogP contribution in [0.2, 0.25) is 0 Å². The average molecular weight is 308 g/mol. The maximum atomic E-state index is 12.3.